The smallest absolute Gasteiger partial charge is 0.282 e. The van der Waals surface area contributed by atoms with E-state index in [0.29, 0.717) is 6.54 Å². The molecule has 106 valence electrons. The third-order valence-corrected chi connectivity index (χ3v) is 3.67. The van der Waals surface area contributed by atoms with Crippen LogP contribution in [-0.4, -0.2) is 41.6 Å². The molecule has 7 heteroatoms. The number of aromatic nitrogens is 2. The highest BCUT2D eigenvalue weighted by Gasteiger charge is 2.19. The first-order valence-electron chi connectivity index (χ1n) is 6.06. The van der Waals surface area contributed by atoms with Gasteiger partial charge in [0.15, 0.2) is 0 Å². The lowest BCUT2D eigenvalue weighted by molar-refractivity contribution is 0.0929. The van der Waals surface area contributed by atoms with Crippen LogP contribution in [0.4, 0.5) is 0 Å². The number of hydrogen-bond acceptors (Lipinski definition) is 5. The van der Waals surface area contributed by atoms with Crippen molar-refractivity contribution in [1.82, 2.24) is 20.4 Å². The van der Waals surface area contributed by atoms with Crippen molar-refractivity contribution in [1.29, 1.82) is 0 Å². The number of halogens is 1. The lowest BCUT2D eigenvalue weighted by Crippen LogP contribution is -2.35. The first-order chi connectivity index (χ1) is 9.56. The Hall–Kier alpha value is -1.50. The molecule has 0 spiro atoms. The van der Waals surface area contributed by atoms with Gasteiger partial charge in [-0.25, -0.2) is 0 Å². The van der Waals surface area contributed by atoms with Gasteiger partial charge in [0.1, 0.15) is 0 Å². The largest absolute Gasteiger partial charge is 0.342 e. The predicted molar refractivity (Wildman–Crippen MR) is 80.1 cm³/mol. The van der Waals surface area contributed by atoms with Gasteiger partial charge in [0.05, 0.1) is 6.04 Å². The fourth-order valence-corrected chi connectivity index (χ4v) is 2.53. The zero-order valence-corrected chi connectivity index (χ0v) is 12.8. The first-order valence-corrected chi connectivity index (χ1v) is 7.25. The fourth-order valence-electron chi connectivity index (χ4n) is 1.80. The summed E-state index contributed by atoms with van der Waals surface area (Å²) >= 11 is 6.77. The highest BCUT2D eigenvalue weighted by atomic mass is 35.5. The molecule has 20 heavy (non-hydrogen) atoms. The van der Waals surface area contributed by atoms with Crippen LogP contribution in [0.3, 0.4) is 0 Å². The summed E-state index contributed by atoms with van der Waals surface area (Å²) in [5.41, 5.74) is 1.05. The molecule has 0 aliphatic carbocycles. The van der Waals surface area contributed by atoms with E-state index in [4.69, 9.17) is 11.6 Å². The van der Waals surface area contributed by atoms with Crippen molar-refractivity contribution >= 4 is 28.8 Å². The minimum atomic E-state index is -0.259. The highest BCUT2D eigenvalue weighted by molar-refractivity contribution is 7.17. The number of rotatable bonds is 5. The van der Waals surface area contributed by atoms with Gasteiger partial charge < -0.3 is 10.2 Å². The molecule has 1 atom stereocenters. The van der Waals surface area contributed by atoms with E-state index in [1.54, 1.807) is 0 Å². The van der Waals surface area contributed by atoms with E-state index in [-0.39, 0.29) is 21.4 Å². The number of benzene rings is 1. The SMILES string of the molecule is CN(C)CC(NC(=O)c1nnc(Cl)s1)c1ccccc1. The van der Waals surface area contributed by atoms with E-state index in [2.05, 4.69) is 15.5 Å². The summed E-state index contributed by atoms with van der Waals surface area (Å²) in [4.78, 5) is 14.2. The van der Waals surface area contributed by atoms with Crippen LogP contribution in [0.5, 0.6) is 0 Å². The highest BCUT2D eigenvalue weighted by Crippen LogP contribution is 2.18. The third kappa shape index (κ3) is 4.00. The van der Waals surface area contributed by atoms with Gasteiger partial charge >= 0.3 is 0 Å². The minimum Gasteiger partial charge on any atom is -0.342 e. The molecule has 0 aliphatic rings. The average molecular weight is 311 g/mol. The second-order valence-corrected chi connectivity index (χ2v) is 6.12. The van der Waals surface area contributed by atoms with Crippen LogP contribution in [0.15, 0.2) is 30.3 Å². The zero-order chi connectivity index (χ0) is 14.5. The van der Waals surface area contributed by atoms with E-state index in [0.717, 1.165) is 16.9 Å². The molecule has 0 aliphatic heterocycles. The van der Waals surface area contributed by atoms with Gasteiger partial charge in [-0.3, -0.25) is 4.79 Å². The molecule has 1 amide bonds. The summed E-state index contributed by atoms with van der Waals surface area (Å²) in [5.74, 6) is -0.259. The molecule has 5 nitrogen and oxygen atoms in total. The Labute approximate surface area is 126 Å². The van der Waals surface area contributed by atoms with E-state index in [9.17, 15) is 4.79 Å². The molecule has 2 rings (SSSR count). The Morgan fingerprint density at radius 3 is 2.60 bits per heavy atom. The standard InChI is InChI=1S/C13H15ClN4OS/c1-18(2)8-10(9-6-4-3-5-7-9)15-11(19)12-16-17-13(14)20-12/h3-7,10H,8H2,1-2H3,(H,15,19). The van der Waals surface area contributed by atoms with Gasteiger partial charge in [-0.05, 0) is 31.3 Å². The van der Waals surface area contributed by atoms with Gasteiger partial charge in [-0.2, -0.15) is 0 Å². The van der Waals surface area contributed by atoms with Crippen LogP contribution in [0.25, 0.3) is 0 Å². The third-order valence-electron chi connectivity index (χ3n) is 2.65. The van der Waals surface area contributed by atoms with Crippen LogP contribution in [-0.2, 0) is 0 Å². The minimum absolute atomic E-state index is 0.110. The van der Waals surface area contributed by atoms with Gasteiger partial charge in [0.25, 0.3) is 5.91 Å². The average Bonchev–Trinajstić information content (AvgIpc) is 2.85. The van der Waals surface area contributed by atoms with Crippen molar-refractivity contribution < 1.29 is 4.79 Å². The number of amides is 1. The Morgan fingerprint density at radius 1 is 1.35 bits per heavy atom. The first kappa shape index (κ1) is 14.9. The van der Waals surface area contributed by atoms with Crippen molar-refractivity contribution in [3.8, 4) is 0 Å². The number of nitrogens with zero attached hydrogens (tertiary/aromatic N) is 3. The van der Waals surface area contributed by atoms with E-state index in [1.165, 1.54) is 0 Å². The van der Waals surface area contributed by atoms with Gasteiger partial charge in [0.2, 0.25) is 9.47 Å². The Morgan fingerprint density at radius 2 is 2.05 bits per heavy atom. The van der Waals surface area contributed by atoms with Crippen LogP contribution in [0.1, 0.15) is 21.4 Å². The summed E-state index contributed by atoms with van der Waals surface area (Å²) in [5, 5.41) is 10.6. The van der Waals surface area contributed by atoms with Gasteiger partial charge in [0, 0.05) is 6.54 Å². The molecule has 1 N–H and O–H groups in total. The molecule has 1 aromatic heterocycles. The number of hydrogen-bond donors (Lipinski definition) is 1. The molecule has 0 saturated carbocycles. The second kappa shape index (κ2) is 6.78. The Balaban J connectivity index is 2.14. The molecule has 0 fully saturated rings. The zero-order valence-electron chi connectivity index (χ0n) is 11.2. The molecular weight excluding hydrogens is 296 g/mol. The molecule has 1 heterocycles. The number of likely N-dealkylation sites (N-methyl/N-ethyl adjacent to an activating group) is 1. The van der Waals surface area contributed by atoms with Gasteiger partial charge in [-0.15, -0.1) is 10.2 Å². The van der Waals surface area contributed by atoms with E-state index >= 15 is 0 Å². The maximum absolute atomic E-state index is 12.1. The summed E-state index contributed by atoms with van der Waals surface area (Å²) in [6, 6.07) is 9.71. The van der Waals surface area contributed by atoms with Crippen molar-refractivity contribution in [3.05, 3.63) is 45.4 Å². The van der Waals surface area contributed by atoms with Crippen LogP contribution < -0.4 is 5.32 Å². The van der Waals surface area contributed by atoms with Crippen molar-refractivity contribution in [2.24, 2.45) is 0 Å². The maximum Gasteiger partial charge on any atom is 0.282 e. The predicted octanol–water partition coefficient (Wildman–Crippen LogP) is 2.22. The van der Waals surface area contributed by atoms with E-state index in [1.807, 2.05) is 49.3 Å². The molecule has 2 aromatic rings. The van der Waals surface area contributed by atoms with Crippen LogP contribution in [0.2, 0.25) is 4.47 Å². The fraction of sp³-hybridized carbons (Fsp3) is 0.308. The quantitative estimate of drug-likeness (QED) is 0.920. The summed E-state index contributed by atoms with van der Waals surface area (Å²) in [6.07, 6.45) is 0. The van der Waals surface area contributed by atoms with Crippen molar-refractivity contribution in [2.45, 2.75) is 6.04 Å². The van der Waals surface area contributed by atoms with Crippen molar-refractivity contribution in [2.75, 3.05) is 20.6 Å². The van der Waals surface area contributed by atoms with Crippen LogP contribution in [0, 0.1) is 0 Å². The Kier molecular flexibility index (Phi) is 5.05. The topological polar surface area (TPSA) is 58.1 Å². The number of nitrogens with one attached hydrogen (secondary N) is 1. The molecule has 0 saturated heterocycles. The normalized spacial score (nSPS) is 12.4. The lowest BCUT2D eigenvalue weighted by Gasteiger charge is -2.22. The van der Waals surface area contributed by atoms with Gasteiger partial charge in [-0.1, -0.05) is 41.7 Å². The molecular formula is C13H15ClN4OS. The second-order valence-electron chi connectivity index (χ2n) is 4.56. The Bertz CT molecular complexity index is 573. The van der Waals surface area contributed by atoms with E-state index < -0.39 is 0 Å². The summed E-state index contributed by atoms with van der Waals surface area (Å²) < 4.78 is 0.263. The molecule has 0 radical (unpaired) electrons. The number of carbonyl (C=O) groups is 1. The molecule has 1 aromatic carbocycles. The van der Waals surface area contributed by atoms with Crippen LogP contribution >= 0.6 is 22.9 Å². The molecule has 1 unspecified atom stereocenters. The summed E-state index contributed by atoms with van der Waals surface area (Å²) in [6.45, 7) is 0.697. The summed E-state index contributed by atoms with van der Waals surface area (Å²) in [7, 11) is 3.92. The lowest BCUT2D eigenvalue weighted by atomic mass is 10.1. The number of carbonyl (C=O) groups excluding carboxylic acids is 1. The van der Waals surface area contributed by atoms with Crippen molar-refractivity contribution in [3.63, 3.8) is 0 Å². The maximum atomic E-state index is 12.1. The monoisotopic (exact) mass is 310 g/mol. The molecule has 0 bridgehead atoms.